The van der Waals surface area contributed by atoms with Crippen molar-refractivity contribution in [1.82, 2.24) is 14.7 Å². The third kappa shape index (κ3) is 4.67. The summed E-state index contributed by atoms with van der Waals surface area (Å²) >= 11 is 0. The van der Waals surface area contributed by atoms with E-state index in [1.54, 1.807) is 12.1 Å². The number of nitrogens with zero attached hydrogens (tertiary/aromatic N) is 3. The Morgan fingerprint density at radius 2 is 1.76 bits per heavy atom. The van der Waals surface area contributed by atoms with Gasteiger partial charge in [0, 0.05) is 49.8 Å². The molecule has 0 bridgehead atoms. The fourth-order valence-electron chi connectivity index (χ4n) is 7.57. The van der Waals surface area contributed by atoms with E-state index in [1.165, 1.54) is 19.0 Å². The number of nitrogens with two attached hydrogens (primary N) is 1. The third-order valence-electron chi connectivity index (χ3n) is 9.92. The number of primary amides is 1. The van der Waals surface area contributed by atoms with Gasteiger partial charge in [-0.15, -0.1) is 0 Å². The number of carbonyl (C=O) groups excluding carboxylic acids is 3. The van der Waals surface area contributed by atoms with Gasteiger partial charge in [0.05, 0.1) is 23.6 Å². The number of ketones is 2. The second-order valence-electron chi connectivity index (χ2n) is 12.8. The molecule has 238 valence electrons. The Kier molecular flexibility index (Phi) is 7.61. The number of amides is 1. The van der Waals surface area contributed by atoms with Gasteiger partial charge in [-0.3, -0.25) is 24.2 Å². The molecule has 2 aromatic rings. The molecule has 2 fully saturated rings. The van der Waals surface area contributed by atoms with Crippen LogP contribution in [0.1, 0.15) is 16.7 Å². The molecule has 1 saturated heterocycles. The van der Waals surface area contributed by atoms with Crippen molar-refractivity contribution in [3.63, 3.8) is 0 Å². The molecule has 1 aliphatic heterocycles. The van der Waals surface area contributed by atoms with E-state index in [-0.39, 0.29) is 17.7 Å². The van der Waals surface area contributed by atoms with Crippen LogP contribution in [0.15, 0.2) is 53.3 Å². The van der Waals surface area contributed by atoms with Gasteiger partial charge in [-0.05, 0) is 50.3 Å². The first-order valence-corrected chi connectivity index (χ1v) is 14.9. The second kappa shape index (κ2) is 11.1. The molecule has 6 rings (SSSR count). The number of aliphatic hydroxyl groups is 4. The van der Waals surface area contributed by atoms with Gasteiger partial charge in [0.1, 0.15) is 22.8 Å². The highest BCUT2D eigenvalue weighted by Crippen LogP contribution is 2.53. The summed E-state index contributed by atoms with van der Waals surface area (Å²) in [5, 5.41) is 57.6. The number of aromatic hydroxyl groups is 1. The van der Waals surface area contributed by atoms with Crippen LogP contribution in [-0.4, -0.2) is 123 Å². The molecule has 12 nitrogen and oxygen atoms in total. The molecule has 1 saturated carbocycles. The molecular weight excluding hydrogens is 580 g/mol. The van der Waals surface area contributed by atoms with Gasteiger partial charge >= 0.3 is 0 Å². The summed E-state index contributed by atoms with van der Waals surface area (Å²) in [7, 11) is 5.04. The van der Waals surface area contributed by atoms with E-state index < -0.39 is 69.7 Å². The van der Waals surface area contributed by atoms with E-state index in [2.05, 4.69) is 16.8 Å². The first-order valence-electron chi connectivity index (χ1n) is 14.9. The van der Waals surface area contributed by atoms with Crippen LogP contribution in [0.5, 0.6) is 5.75 Å². The number of aliphatic hydroxyl groups excluding tert-OH is 3. The number of carbonyl (C=O) groups is 3. The summed E-state index contributed by atoms with van der Waals surface area (Å²) in [5.41, 5.74) is 3.67. The molecule has 2 aromatic carbocycles. The zero-order valence-corrected chi connectivity index (χ0v) is 25.4. The molecule has 0 radical (unpaired) electrons. The van der Waals surface area contributed by atoms with Crippen LogP contribution < -0.4 is 5.73 Å². The summed E-state index contributed by atoms with van der Waals surface area (Å²) in [6.45, 7) is 4.57. The number of likely N-dealkylation sites (N-methyl/N-ethyl adjacent to an activating group) is 2. The summed E-state index contributed by atoms with van der Waals surface area (Å²) in [6.07, 6.45) is -1.62. The lowest BCUT2D eigenvalue weighted by atomic mass is 9.56. The monoisotopic (exact) mass is 618 g/mol. The molecule has 5 atom stereocenters. The highest BCUT2D eigenvalue weighted by atomic mass is 16.4. The zero-order chi connectivity index (χ0) is 32.5. The van der Waals surface area contributed by atoms with Gasteiger partial charge < -0.3 is 36.2 Å². The third-order valence-corrected chi connectivity index (χ3v) is 9.92. The smallest absolute Gasteiger partial charge is 0.255 e. The minimum Gasteiger partial charge on any atom is -0.508 e. The number of phenols is 1. The van der Waals surface area contributed by atoms with Gasteiger partial charge in [-0.2, -0.15) is 0 Å². The average molecular weight is 619 g/mol. The summed E-state index contributed by atoms with van der Waals surface area (Å²) in [5.74, 6) is -8.31. The van der Waals surface area contributed by atoms with Gasteiger partial charge in [0.15, 0.2) is 11.4 Å². The minimum atomic E-state index is -2.94. The van der Waals surface area contributed by atoms with Crippen molar-refractivity contribution in [2.45, 2.75) is 30.7 Å². The van der Waals surface area contributed by atoms with Crippen molar-refractivity contribution in [3.8, 4) is 16.9 Å². The second-order valence-corrected chi connectivity index (χ2v) is 12.8. The predicted octanol–water partition coefficient (Wildman–Crippen LogP) is 0.349. The van der Waals surface area contributed by atoms with Crippen LogP contribution >= 0.6 is 0 Å². The van der Waals surface area contributed by atoms with Gasteiger partial charge in [0.2, 0.25) is 5.78 Å². The molecule has 1 heterocycles. The number of benzene rings is 2. The Morgan fingerprint density at radius 1 is 1.07 bits per heavy atom. The van der Waals surface area contributed by atoms with Crippen LogP contribution in [0.3, 0.4) is 0 Å². The Morgan fingerprint density at radius 3 is 2.40 bits per heavy atom. The Bertz CT molecular complexity index is 1670. The molecule has 0 unspecified atom stereocenters. The average Bonchev–Trinajstić information content (AvgIpc) is 2.98. The van der Waals surface area contributed by atoms with E-state index in [1.807, 2.05) is 24.3 Å². The van der Waals surface area contributed by atoms with E-state index in [9.17, 15) is 39.9 Å². The van der Waals surface area contributed by atoms with Crippen molar-refractivity contribution < 1.29 is 39.9 Å². The van der Waals surface area contributed by atoms with Gasteiger partial charge in [0.25, 0.3) is 5.91 Å². The normalized spacial score (nSPS) is 29.1. The lowest BCUT2D eigenvalue weighted by molar-refractivity contribution is -0.168. The summed E-state index contributed by atoms with van der Waals surface area (Å²) < 4.78 is 0. The van der Waals surface area contributed by atoms with Gasteiger partial charge in [-0.1, -0.05) is 30.3 Å². The molecule has 0 aromatic heterocycles. The molecule has 3 aliphatic carbocycles. The topological polar surface area (TPSA) is 188 Å². The van der Waals surface area contributed by atoms with Crippen molar-refractivity contribution in [1.29, 1.82) is 0 Å². The first-order chi connectivity index (χ1) is 21.3. The first kappa shape index (κ1) is 30.9. The number of hydrogen-bond donors (Lipinski definition) is 6. The standard InChI is InChI=1S/C33H38N4O8/c1-35(2)25-24-27(39)20-14-18-7-8-19(17-6-4-5-16(13-17)15-37-11-9-36(3)10-12-37)26(38)21(18)28(40)22(20)30(42)33(24,45)31(43)23(29(25)41)32(34)44/h4-8,13,20,24-25,27,38-40,43,45H,9-12,14-15H2,1-3H3,(H2,34,44)/t20-,24-,25+,27+,33+/m1/s1. The number of piperazine rings is 1. The minimum absolute atomic E-state index is 0.00695. The van der Waals surface area contributed by atoms with Crippen molar-refractivity contribution in [2.75, 3.05) is 47.3 Å². The van der Waals surface area contributed by atoms with Gasteiger partial charge in [-0.25, -0.2) is 0 Å². The number of rotatable bonds is 5. The molecule has 0 spiro atoms. The van der Waals surface area contributed by atoms with Crippen molar-refractivity contribution in [2.24, 2.45) is 17.6 Å². The van der Waals surface area contributed by atoms with Crippen LogP contribution in [0.4, 0.5) is 0 Å². The Labute approximate surface area is 260 Å². The van der Waals surface area contributed by atoms with E-state index >= 15 is 0 Å². The molecule has 7 N–H and O–H groups in total. The highest BCUT2D eigenvalue weighted by molar-refractivity contribution is 6.24. The van der Waals surface area contributed by atoms with Crippen LogP contribution in [0.25, 0.3) is 16.9 Å². The fourth-order valence-corrected chi connectivity index (χ4v) is 7.57. The molecule has 12 heteroatoms. The largest absolute Gasteiger partial charge is 0.508 e. The Hall–Kier alpha value is -4.07. The number of hydrogen-bond acceptors (Lipinski definition) is 11. The lowest BCUT2D eigenvalue weighted by Crippen LogP contribution is -2.70. The lowest BCUT2D eigenvalue weighted by Gasteiger charge is -2.52. The van der Waals surface area contributed by atoms with E-state index in [4.69, 9.17) is 5.73 Å². The SMILES string of the molecule is CN1CCN(Cc2cccc(-c3ccc4c(c3O)C(O)=C3C(=O)[C@]5(O)C(O)=C(C(N)=O)C(=O)[C@@H](N(C)C)[C@@H]5[C@@H](O)[C@@H]3C4)c2)CC1. The number of Topliss-reactive ketones (excluding diaryl/α,β-unsaturated/α-hetero) is 2. The van der Waals surface area contributed by atoms with E-state index in [0.29, 0.717) is 16.7 Å². The number of fused-ring (bicyclic) bond motifs is 3. The molecule has 45 heavy (non-hydrogen) atoms. The van der Waals surface area contributed by atoms with Crippen molar-refractivity contribution >= 4 is 23.2 Å². The molecular formula is C33H38N4O8. The Balaban J connectivity index is 1.43. The maximum Gasteiger partial charge on any atom is 0.255 e. The summed E-state index contributed by atoms with van der Waals surface area (Å²) in [6, 6.07) is 9.75. The summed E-state index contributed by atoms with van der Waals surface area (Å²) in [4.78, 5) is 45.6. The molecule has 4 aliphatic rings. The maximum absolute atomic E-state index is 14.1. The number of phenolic OH excluding ortho intramolecular Hbond substituents is 1. The van der Waals surface area contributed by atoms with E-state index in [0.717, 1.165) is 38.3 Å². The maximum atomic E-state index is 14.1. The quantitative estimate of drug-likeness (QED) is 0.254. The zero-order valence-electron chi connectivity index (χ0n) is 25.4. The van der Waals surface area contributed by atoms with Crippen LogP contribution in [-0.2, 0) is 27.3 Å². The fraction of sp³-hybridized carbons (Fsp3) is 0.424. The van der Waals surface area contributed by atoms with Crippen LogP contribution in [0, 0.1) is 11.8 Å². The highest BCUT2D eigenvalue weighted by Gasteiger charge is 2.67. The predicted molar refractivity (Wildman–Crippen MR) is 164 cm³/mol. The van der Waals surface area contributed by atoms with Crippen molar-refractivity contribution in [3.05, 3.63) is 70.0 Å². The van der Waals surface area contributed by atoms with Crippen LogP contribution in [0.2, 0.25) is 0 Å². The molecule has 1 amide bonds.